The Morgan fingerprint density at radius 3 is 2.11 bits per heavy atom. The van der Waals surface area contributed by atoms with Crippen LogP contribution in [0.5, 0.6) is 0 Å². The molecule has 1 aliphatic heterocycles. The molecule has 5 aliphatic rings. The largest absolute Gasteiger partial charge is 0.339 e. The molecule has 1 unspecified atom stereocenters. The molecule has 4 saturated carbocycles. The van der Waals surface area contributed by atoms with Gasteiger partial charge in [-0.1, -0.05) is 0 Å². The predicted molar refractivity (Wildman–Crippen MR) is 68.5 cm³/mol. The van der Waals surface area contributed by atoms with Gasteiger partial charge in [0.05, 0.1) is 0 Å². The van der Waals surface area contributed by atoms with E-state index in [2.05, 4.69) is 5.32 Å². The molecule has 3 amide bonds. The van der Waals surface area contributed by atoms with Crippen LogP contribution in [0, 0.1) is 29.6 Å². The number of nitrogens with zero attached hydrogens (tertiary/aromatic N) is 1. The average molecular weight is 263 g/mol. The van der Waals surface area contributed by atoms with Gasteiger partial charge in [-0.3, -0.25) is 4.79 Å². The molecule has 1 heterocycles. The summed E-state index contributed by atoms with van der Waals surface area (Å²) in [5.74, 6) is 9.26. The van der Waals surface area contributed by atoms with Gasteiger partial charge in [-0.25, -0.2) is 10.6 Å². The van der Waals surface area contributed by atoms with Gasteiger partial charge in [-0.05, 0) is 68.1 Å². The van der Waals surface area contributed by atoms with E-state index in [1.165, 1.54) is 32.1 Å². The molecule has 3 N–H and O–H groups in total. The van der Waals surface area contributed by atoms with Crippen molar-refractivity contribution in [3.63, 3.8) is 0 Å². The third-order valence-corrected chi connectivity index (χ3v) is 5.98. The van der Waals surface area contributed by atoms with E-state index in [9.17, 15) is 9.59 Å². The molecule has 0 radical (unpaired) electrons. The number of carbonyl (C=O) groups excluding carboxylic acids is 2. The normalized spacial score (nSPS) is 47.9. The maximum atomic E-state index is 11.9. The average Bonchev–Trinajstić information content (AvgIpc) is 2.60. The van der Waals surface area contributed by atoms with Gasteiger partial charge in [0, 0.05) is 0 Å². The zero-order chi connectivity index (χ0) is 13.1. The Hall–Kier alpha value is -1.10. The summed E-state index contributed by atoms with van der Waals surface area (Å²) < 4.78 is 0. The fourth-order valence-electron chi connectivity index (χ4n) is 5.40. The van der Waals surface area contributed by atoms with E-state index < -0.39 is 6.03 Å². The highest BCUT2D eigenvalue weighted by molar-refractivity contribution is 6.03. The van der Waals surface area contributed by atoms with Crippen molar-refractivity contribution >= 4 is 11.9 Å². The highest BCUT2D eigenvalue weighted by Gasteiger charge is 2.50. The van der Waals surface area contributed by atoms with Crippen LogP contribution in [0.25, 0.3) is 0 Å². The Kier molecular flexibility index (Phi) is 2.43. The summed E-state index contributed by atoms with van der Waals surface area (Å²) in [6, 6.07) is -0.821. The molecule has 0 aromatic rings. The first-order valence-electron chi connectivity index (χ1n) is 7.51. The number of urea groups is 1. The van der Waals surface area contributed by atoms with Crippen molar-refractivity contribution in [2.45, 2.75) is 44.6 Å². The van der Waals surface area contributed by atoms with Gasteiger partial charge >= 0.3 is 6.03 Å². The molecule has 0 aromatic heterocycles. The number of hydrazine groups is 1. The fourth-order valence-corrected chi connectivity index (χ4v) is 5.40. The Morgan fingerprint density at radius 2 is 1.63 bits per heavy atom. The van der Waals surface area contributed by atoms with Crippen molar-refractivity contribution in [3.8, 4) is 0 Å². The predicted octanol–water partition coefficient (Wildman–Crippen LogP) is 1.24. The summed E-state index contributed by atoms with van der Waals surface area (Å²) in [6.07, 6.45) is 7.62. The van der Waals surface area contributed by atoms with Crippen LogP contribution in [-0.4, -0.2) is 23.0 Å². The molecule has 5 heteroatoms. The molecule has 5 fully saturated rings. The first-order chi connectivity index (χ1) is 9.11. The lowest BCUT2D eigenvalue weighted by Crippen LogP contribution is -2.47. The number of nitrogens with two attached hydrogens (primary N) is 1. The smallest absolute Gasteiger partial charge is 0.325 e. The van der Waals surface area contributed by atoms with E-state index in [1.807, 2.05) is 0 Å². The van der Waals surface area contributed by atoms with Gasteiger partial charge in [0.1, 0.15) is 6.04 Å². The molecule has 5 nitrogen and oxygen atoms in total. The second-order valence-corrected chi connectivity index (χ2v) is 7.04. The van der Waals surface area contributed by atoms with Gasteiger partial charge in [0.25, 0.3) is 5.91 Å². The van der Waals surface area contributed by atoms with Crippen molar-refractivity contribution < 1.29 is 9.59 Å². The molecule has 1 saturated heterocycles. The summed E-state index contributed by atoms with van der Waals surface area (Å²) in [7, 11) is 0. The van der Waals surface area contributed by atoms with Gasteiger partial charge in [0.15, 0.2) is 0 Å². The minimum Gasteiger partial charge on any atom is -0.325 e. The van der Waals surface area contributed by atoms with Crippen LogP contribution in [0.2, 0.25) is 0 Å². The molecule has 0 spiro atoms. The van der Waals surface area contributed by atoms with Gasteiger partial charge in [-0.15, -0.1) is 0 Å². The number of imide groups is 1. The van der Waals surface area contributed by atoms with Crippen molar-refractivity contribution in [3.05, 3.63) is 0 Å². The monoisotopic (exact) mass is 263 g/mol. The Labute approximate surface area is 112 Å². The van der Waals surface area contributed by atoms with Crippen molar-refractivity contribution in [1.82, 2.24) is 10.3 Å². The van der Waals surface area contributed by atoms with E-state index in [0.717, 1.165) is 35.1 Å². The highest BCUT2D eigenvalue weighted by atomic mass is 16.2. The van der Waals surface area contributed by atoms with E-state index >= 15 is 0 Å². The molecule has 0 aromatic carbocycles. The number of carbonyl (C=O) groups is 2. The first-order valence-corrected chi connectivity index (χ1v) is 7.51. The third-order valence-electron chi connectivity index (χ3n) is 5.98. The molecule has 1 atom stereocenters. The molecular formula is C14H21N3O2. The van der Waals surface area contributed by atoms with Gasteiger partial charge in [0.2, 0.25) is 0 Å². The zero-order valence-corrected chi connectivity index (χ0v) is 11.0. The maximum Gasteiger partial charge on any atom is 0.339 e. The first kappa shape index (κ1) is 11.7. The quantitative estimate of drug-likeness (QED) is 0.447. The van der Waals surface area contributed by atoms with Gasteiger partial charge in [-0.2, -0.15) is 5.01 Å². The highest BCUT2D eigenvalue weighted by Crippen LogP contribution is 2.57. The number of hydrogen-bond donors (Lipinski definition) is 2. The van der Waals surface area contributed by atoms with Gasteiger partial charge < -0.3 is 5.32 Å². The number of nitrogens with one attached hydrogen (secondary N) is 1. The molecular weight excluding hydrogens is 242 g/mol. The maximum absolute atomic E-state index is 11.9. The van der Waals surface area contributed by atoms with Crippen LogP contribution in [0.1, 0.15) is 38.5 Å². The Balaban J connectivity index is 1.49. The van der Waals surface area contributed by atoms with Crippen LogP contribution in [-0.2, 0) is 4.79 Å². The molecule has 5 rings (SSSR count). The Morgan fingerprint density at radius 1 is 1.05 bits per heavy atom. The summed E-state index contributed by atoms with van der Waals surface area (Å²) in [5.41, 5.74) is 0. The second kappa shape index (κ2) is 3.95. The van der Waals surface area contributed by atoms with Crippen molar-refractivity contribution in [1.29, 1.82) is 0 Å². The van der Waals surface area contributed by atoms with Crippen molar-refractivity contribution in [2.24, 2.45) is 35.4 Å². The number of amides is 3. The molecule has 104 valence electrons. The van der Waals surface area contributed by atoms with Crippen LogP contribution < -0.4 is 11.2 Å². The van der Waals surface area contributed by atoms with Crippen LogP contribution in [0.4, 0.5) is 4.79 Å². The third kappa shape index (κ3) is 1.71. The summed E-state index contributed by atoms with van der Waals surface area (Å²) in [6.45, 7) is 0. The molecule has 4 bridgehead atoms. The summed E-state index contributed by atoms with van der Waals surface area (Å²) in [4.78, 5) is 23.3. The number of rotatable bonds is 2. The van der Waals surface area contributed by atoms with Crippen molar-refractivity contribution in [2.75, 3.05) is 0 Å². The van der Waals surface area contributed by atoms with E-state index in [-0.39, 0.29) is 11.9 Å². The molecule has 4 aliphatic carbocycles. The van der Waals surface area contributed by atoms with E-state index in [1.54, 1.807) is 0 Å². The topological polar surface area (TPSA) is 75.4 Å². The van der Waals surface area contributed by atoms with Crippen LogP contribution in [0.3, 0.4) is 0 Å². The SMILES string of the molecule is NN1C(=O)NC(CC2C3CC4CC(C3)CC2C4)C1=O. The minimum absolute atomic E-state index is 0.251. The van der Waals surface area contributed by atoms with E-state index in [0.29, 0.717) is 5.92 Å². The minimum atomic E-state index is -0.446. The fraction of sp³-hybridized carbons (Fsp3) is 0.857. The van der Waals surface area contributed by atoms with Crippen LogP contribution in [0.15, 0.2) is 0 Å². The Bertz CT molecular complexity index is 408. The summed E-state index contributed by atoms with van der Waals surface area (Å²) in [5, 5.41) is 3.46. The lowest BCUT2D eigenvalue weighted by molar-refractivity contribution is -0.129. The lowest BCUT2D eigenvalue weighted by Gasteiger charge is -2.54. The molecule has 19 heavy (non-hydrogen) atoms. The zero-order valence-electron chi connectivity index (χ0n) is 11.0. The van der Waals surface area contributed by atoms with Crippen LogP contribution >= 0.6 is 0 Å². The van der Waals surface area contributed by atoms with E-state index in [4.69, 9.17) is 5.84 Å². The summed E-state index contributed by atoms with van der Waals surface area (Å²) >= 11 is 0. The standard InChI is InChI=1S/C14H21N3O2/c15-17-13(18)12(16-14(17)19)6-11-9-2-7-1-8(4-9)5-10(11)3-7/h7-12H,1-6,15H2,(H,16,19). The lowest BCUT2D eigenvalue weighted by atomic mass is 9.51. The number of hydrogen-bond acceptors (Lipinski definition) is 3. The second-order valence-electron chi connectivity index (χ2n) is 7.04.